The van der Waals surface area contributed by atoms with E-state index in [2.05, 4.69) is 43.3 Å². The van der Waals surface area contributed by atoms with Crippen LogP contribution < -0.4 is 10.9 Å². The molecule has 1 heterocycles. The van der Waals surface area contributed by atoms with Crippen molar-refractivity contribution >= 4 is 32.8 Å². The smallest absolute Gasteiger partial charge is 0.407 e. The van der Waals surface area contributed by atoms with Crippen LogP contribution in [0.25, 0.3) is 10.8 Å². The molecule has 0 radical (unpaired) electrons. The lowest BCUT2D eigenvalue weighted by molar-refractivity contribution is 0.0523. The van der Waals surface area contributed by atoms with E-state index in [-0.39, 0.29) is 12.1 Å². The molecule has 0 unspecified atom stereocenters. The van der Waals surface area contributed by atoms with Gasteiger partial charge in [-0.3, -0.25) is 4.79 Å². The average molecular weight is 418 g/mol. The second-order valence-electron chi connectivity index (χ2n) is 7.27. The van der Waals surface area contributed by atoms with Crippen LogP contribution in [-0.2, 0) is 11.3 Å². The normalized spacial score (nSPS) is 13.8. The molecule has 1 aromatic heterocycles. The van der Waals surface area contributed by atoms with Gasteiger partial charge in [-0.25, -0.2) is 9.89 Å². The van der Waals surface area contributed by atoms with Crippen molar-refractivity contribution in [2.75, 3.05) is 0 Å². The number of nitrogens with one attached hydrogen (secondary N) is 2. The Hall–Kier alpha value is -2.33. The van der Waals surface area contributed by atoms with Gasteiger partial charge in [-0.2, -0.15) is 5.10 Å². The molecule has 2 aromatic rings. The van der Waals surface area contributed by atoms with E-state index in [1.54, 1.807) is 20.8 Å². The van der Waals surface area contributed by atoms with E-state index >= 15 is 0 Å². The molecule has 2 N–H and O–H groups in total. The molecule has 7 heteroatoms. The number of ether oxygens (including phenoxy) is 1. The van der Waals surface area contributed by atoms with Gasteiger partial charge in [0, 0.05) is 21.3 Å². The van der Waals surface area contributed by atoms with E-state index < -0.39 is 11.7 Å². The maximum atomic E-state index is 12.3. The molecule has 136 valence electrons. The fraction of sp³-hybridized carbons (Fsp3) is 0.421. The van der Waals surface area contributed by atoms with Crippen molar-refractivity contribution in [1.82, 2.24) is 15.5 Å². The number of alkyl carbamates (subject to hydrolysis) is 1. The molecule has 3 rings (SSSR count). The van der Waals surface area contributed by atoms with E-state index in [0.29, 0.717) is 27.9 Å². The van der Waals surface area contributed by atoms with Gasteiger partial charge >= 0.3 is 6.09 Å². The molecule has 1 fully saturated rings. The minimum Gasteiger partial charge on any atom is -0.444 e. The first-order chi connectivity index (χ1) is 12.2. The van der Waals surface area contributed by atoms with Crippen LogP contribution in [0.4, 0.5) is 4.79 Å². The zero-order chi connectivity index (χ0) is 18.9. The Balaban J connectivity index is 1.94. The van der Waals surface area contributed by atoms with Gasteiger partial charge in [-0.1, -0.05) is 27.8 Å². The molecule has 26 heavy (non-hydrogen) atoms. The zero-order valence-electron chi connectivity index (χ0n) is 14.9. The number of fused-ring (bicyclic) bond motifs is 1. The van der Waals surface area contributed by atoms with Crippen LogP contribution in [0.15, 0.2) is 21.4 Å². The first-order valence-corrected chi connectivity index (χ1v) is 9.21. The summed E-state index contributed by atoms with van der Waals surface area (Å²) in [6, 6.07) is 3.64. The number of rotatable bonds is 2. The molecule has 0 saturated heterocycles. The predicted molar refractivity (Wildman–Crippen MR) is 103 cm³/mol. The second-order valence-corrected chi connectivity index (χ2v) is 8.19. The third-order valence-electron chi connectivity index (χ3n) is 3.72. The Morgan fingerprint density at radius 3 is 2.81 bits per heavy atom. The predicted octanol–water partition coefficient (Wildman–Crippen LogP) is 3.47. The minimum absolute atomic E-state index is 0.133. The molecule has 0 spiro atoms. The number of nitrogens with zero attached hydrogens (tertiary/aromatic N) is 1. The Morgan fingerprint density at radius 1 is 1.42 bits per heavy atom. The van der Waals surface area contributed by atoms with Crippen molar-refractivity contribution in [2.24, 2.45) is 5.92 Å². The van der Waals surface area contributed by atoms with Crippen LogP contribution in [0.1, 0.15) is 44.9 Å². The van der Waals surface area contributed by atoms with E-state index in [0.717, 1.165) is 17.3 Å². The Kier molecular flexibility index (Phi) is 5.05. The lowest BCUT2D eigenvalue weighted by Gasteiger charge is -2.19. The highest BCUT2D eigenvalue weighted by atomic mass is 79.9. The minimum atomic E-state index is -0.584. The summed E-state index contributed by atoms with van der Waals surface area (Å²) >= 11 is 3.46. The summed E-state index contributed by atoms with van der Waals surface area (Å²) in [7, 11) is 0. The maximum absolute atomic E-state index is 12.3. The van der Waals surface area contributed by atoms with Gasteiger partial charge in [0.15, 0.2) is 0 Å². The molecule has 0 bridgehead atoms. The van der Waals surface area contributed by atoms with Gasteiger partial charge in [0.05, 0.1) is 17.6 Å². The molecule has 1 saturated carbocycles. The molecular weight excluding hydrogens is 398 g/mol. The van der Waals surface area contributed by atoms with Crippen molar-refractivity contribution in [3.8, 4) is 11.8 Å². The number of benzene rings is 1. The van der Waals surface area contributed by atoms with Crippen LogP contribution in [0, 0.1) is 17.8 Å². The topological polar surface area (TPSA) is 84.1 Å². The van der Waals surface area contributed by atoms with Crippen molar-refractivity contribution in [3.63, 3.8) is 0 Å². The number of hydrogen-bond acceptors (Lipinski definition) is 4. The summed E-state index contributed by atoms with van der Waals surface area (Å²) in [6.07, 6.45) is 1.69. The Labute approximate surface area is 159 Å². The van der Waals surface area contributed by atoms with Crippen LogP contribution in [0.2, 0.25) is 0 Å². The fourth-order valence-corrected chi connectivity index (χ4v) is 2.88. The first-order valence-electron chi connectivity index (χ1n) is 8.42. The summed E-state index contributed by atoms with van der Waals surface area (Å²) in [4.78, 5) is 24.2. The summed E-state index contributed by atoms with van der Waals surface area (Å²) in [5.41, 5.74) is 0.317. The molecule has 1 aromatic carbocycles. The number of carbonyl (C=O) groups excluding carboxylic acids is 1. The largest absolute Gasteiger partial charge is 0.444 e. The first kappa shape index (κ1) is 18.5. The van der Waals surface area contributed by atoms with Crippen LogP contribution >= 0.6 is 15.9 Å². The highest BCUT2D eigenvalue weighted by Gasteiger charge is 2.19. The Bertz CT molecular complexity index is 976. The number of halogens is 1. The van der Waals surface area contributed by atoms with Gasteiger partial charge in [-0.05, 0) is 45.7 Å². The van der Waals surface area contributed by atoms with Crippen molar-refractivity contribution < 1.29 is 9.53 Å². The maximum Gasteiger partial charge on any atom is 0.407 e. The molecule has 1 aliphatic carbocycles. The van der Waals surface area contributed by atoms with Gasteiger partial charge in [0.1, 0.15) is 5.60 Å². The quantitative estimate of drug-likeness (QED) is 0.732. The number of amides is 1. The van der Waals surface area contributed by atoms with Gasteiger partial charge < -0.3 is 10.1 Å². The molecule has 6 nitrogen and oxygen atoms in total. The molecule has 1 aliphatic rings. The molecular formula is C19H20BrN3O3. The molecule has 0 atom stereocenters. The third kappa shape index (κ3) is 4.64. The van der Waals surface area contributed by atoms with Gasteiger partial charge in [0.25, 0.3) is 5.56 Å². The number of aromatic amines is 1. The molecule has 1 amide bonds. The van der Waals surface area contributed by atoms with Crippen molar-refractivity contribution in [2.45, 2.75) is 45.8 Å². The number of carbonyl (C=O) groups is 1. The summed E-state index contributed by atoms with van der Waals surface area (Å²) < 4.78 is 6.04. The van der Waals surface area contributed by atoms with Crippen molar-refractivity contribution in [3.05, 3.63) is 38.2 Å². The number of H-pyrrole nitrogens is 1. The van der Waals surface area contributed by atoms with Gasteiger partial charge in [0.2, 0.25) is 0 Å². The van der Waals surface area contributed by atoms with Gasteiger partial charge in [-0.15, -0.1) is 0 Å². The van der Waals surface area contributed by atoms with E-state index in [9.17, 15) is 9.59 Å². The monoisotopic (exact) mass is 417 g/mol. The highest BCUT2D eigenvalue weighted by molar-refractivity contribution is 9.10. The number of aromatic nitrogens is 2. The average Bonchev–Trinajstić information content (AvgIpc) is 3.34. The third-order valence-corrected chi connectivity index (χ3v) is 4.18. The zero-order valence-corrected chi connectivity index (χ0v) is 16.5. The summed E-state index contributed by atoms with van der Waals surface area (Å²) in [5.74, 6) is 6.72. The summed E-state index contributed by atoms with van der Waals surface area (Å²) in [6.45, 7) is 5.51. The standard InChI is InChI=1S/C19H20BrN3O3/c1-19(2,3)26-18(25)21-10-15-14-9-13(20)8-12(7-6-11-4-5-11)16(14)17(24)23-22-15/h8-9,11H,4-5,10H2,1-3H3,(H,21,25)(H,23,24). The van der Waals surface area contributed by atoms with E-state index in [1.165, 1.54) is 0 Å². The fourth-order valence-electron chi connectivity index (χ4n) is 2.42. The lowest BCUT2D eigenvalue weighted by atomic mass is 10.1. The highest BCUT2D eigenvalue weighted by Crippen LogP contribution is 2.28. The van der Waals surface area contributed by atoms with E-state index in [4.69, 9.17) is 4.74 Å². The Morgan fingerprint density at radius 2 is 2.15 bits per heavy atom. The van der Waals surface area contributed by atoms with E-state index in [1.807, 2.05) is 12.1 Å². The second kappa shape index (κ2) is 7.12. The van der Waals surface area contributed by atoms with Crippen molar-refractivity contribution in [1.29, 1.82) is 0 Å². The molecule has 0 aliphatic heterocycles. The SMILES string of the molecule is CC(C)(C)OC(=O)NCc1n[nH]c(=O)c2c(C#CC3CC3)cc(Br)cc12. The van der Waals surface area contributed by atoms with Crippen LogP contribution in [0.3, 0.4) is 0 Å². The summed E-state index contributed by atoms with van der Waals surface area (Å²) in [5, 5.41) is 10.4. The number of hydrogen-bond donors (Lipinski definition) is 2. The van der Waals surface area contributed by atoms with Crippen LogP contribution in [-0.4, -0.2) is 21.9 Å². The lowest BCUT2D eigenvalue weighted by Crippen LogP contribution is -2.32. The van der Waals surface area contributed by atoms with Crippen LogP contribution in [0.5, 0.6) is 0 Å².